The van der Waals surface area contributed by atoms with Gasteiger partial charge in [-0.1, -0.05) is 17.3 Å². The topological polar surface area (TPSA) is 87.7 Å². The molecule has 0 atom stereocenters. The Kier molecular flexibility index (Phi) is 4.84. The van der Waals surface area contributed by atoms with E-state index in [4.69, 9.17) is 10.9 Å². The molecule has 21 heavy (non-hydrogen) atoms. The lowest BCUT2D eigenvalue weighted by molar-refractivity contribution is 0.102. The van der Waals surface area contributed by atoms with Crippen molar-refractivity contribution in [2.24, 2.45) is 10.9 Å². The van der Waals surface area contributed by atoms with Gasteiger partial charge in [-0.3, -0.25) is 4.79 Å². The van der Waals surface area contributed by atoms with Crippen molar-refractivity contribution in [1.82, 2.24) is 0 Å². The van der Waals surface area contributed by atoms with Crippen molar-refractivity contribution < 1.29 is 10.0 Å². The van der Waals surface area contributed by atoms with Crippen LogP contribution in [0.5, 0.6) is 0 Å². The number of thioether (sulfide) groups is 1. The third-order valence-corrected chi connectivity index (χ3v) is 3.62. The van der Waals surface area contributed by atoms with Crippen LogP contribution in [0, 0.1) is 0 Å². The number of benzene rings is 2. The first-order valence-corrected chi connectivity index (χ1v) is 7.40. The Hall–Kier alpha value is -2.47. The largest absolute Gasteiger partial charge is 0.409 e. The summed E-state index contributed by atoms with van der Waals surface area (Å²) in [4.78, 5) is 13.3. The number of carbonyl (C=O) groups is 1. The lowest BCUT2D eigenvalue weighted by atomic mass is 10.1. The number of hydrogen-bond donors (Lipinski definition) is 3. The lowest BCUT2D eigenvalue weighted by Gasteiger charge is -2.07. The quantitative estimate of drug-likeness (QED) is 0.266. The normalized spacial score (nSPS) is 11.2. The number of anilines is 1. The van der Waals surface area contributed by atoms with E-state index in [0.717, 1.165) is 4.90 Å². The number of nitrogens with one attached hydrogen (secondary N) is 1. The van der Waals surface area contributed by atoms with Gasteiger partial charge in [0.25, 0.3) is 5.91 Å². The second kappa shape index (κ2) is 6.81. The first-order chi connectivity index (χ1) is 10.1. The van der Waals surface area contributed by atoms with E-state index in [2.05, 4.69) is 10.5 Å². The molecule has 6 heteroatoms. The molecule has 108 valence electrons. The van der Waals surface area contributed by atoms with E-state index >= 15 is 0 Å². The van der Waals surface area contributed by atoms with Gasteiger partial charge in [0.2, 0.25) is 0 Å². The molecule has 0 heterocycles. The summed E-state index contributed by atoms with van der Waals surface area (Å²) in [6.45, 7) is 0. The average molecular weight is 301 g/mol. The predicted molar refractivity (Wildman–Crippen MR) is 85.1 cm³/mol. The van der Waals surface area contributed by atoms with Crippen molar-refractivity contribution in [3.63, 3.8) is 0 Å². The molecule has 2 aromatic carbocycles. The van der Waals surface area contributed by atoms with Gasteiger partial charge in [0, 0.05) is 21.7 Å². The zero-order valence-electron chi connectivity index (χ0n) is 11.4. The molecule has 0 unspecified atom stereocenters. The summed E-state index contributed by atoms with van der Waals surface area (Å²) in [5.74, 6) is -0.284. The van der Waals surface area contributed by atoms with Crippen LogP contribution in [-0.2, 0) is 0 Å². The van der Waals surface area contributed by atoms with E-state index in [-0.39, 0.29) is 11.7 Å². The number of nitrogens with zero attached hydrogens (tertiary/aromatic N) is 1. The Morgan fingerprint density at radius 1 is 1.19 bits per heavy atom. The highest BCUT2D eigenvalue weighted by molar-refractivity contribution is 7.98. The van der Waals surface area contributed by atoms with Crippen molar-refractivity contribution in [3.8, 4) is 0 Å². The number of rotatable bonds is 4. The van der Waals surface area contributed by atoms with Gasteiger partial charge < -0.3 is 16.3 Å². The van der Waals surface area contributed by atoms with Crippen LogP contribution >= 0.6 is 11.8 Å². The summed E-state index contributed by atoms with van der Waals surface area (Å²) in [6.07, 6.45) is 1.99. The van der Waals surface area contributed by atoms with Crippen molar-refractivity contribution in [2.75, 3.05) is 11.6 Å². The highest BCUT2D eigenvalue weighted by Gasteiger charge is 2.08. The van der Waals surface area contributed by atoms with Gasteiger partial charge in [0.1, 0.15) is 0 Å². The molecule has 0 fully saturated rings. The highest BCUT2D eigenvalue weighted by Crippen LogP contribution is 2.18. The van der Waals surface area contributed by atoms with Crippen LogP contribution in [0.25, 0.3) is 0 Å². The fourth-order valence-corrected chi connectivity index (χ4v) is 2.16. The first-order valence-electron chi connectivity index (χ1n) is 6.17. The number of amides is 1. The smallest absolute Gasteiger partial charge is 0.255 e. The Morgan fingerprint density at radius 3 is 2.48 bits per heavy atom. The zero-order chi connectivity index (χ0) is 15.2. The molecule has 0 aliphatic heterocycles. The zero-order valence-corrected chi connectivity index (χ0v) is 12.2. The molecular formula is C15H15N3O2S. The second-order valence-electron chi connectivity index (χ2n) is 4.25. The average Bonchev–Trinajstić information content (AvgIpc) is 2.55. The minimum absolute atomic E-state index is 0.0334. The number of hydrogen-bond acceptors (Lipinski definition) is 4. The van der Waals surface area contributed by atoms with Crippen LogP contribution in [-0.4, -0.2) is 23.2 Å². The number of amidine groups is 1. The molecule has 0 aliphatic carbocycles. The molecule has 2 aromatic rings. The molecule has 0 radical (unpaired) electrons. The number of oxime groups is 1. The third kappa shape index (κ3) is 3.76. The third-order valence-electron chi connectivity index (χ3n) is 2.88. The van der Waals surface area contributed by atoms with Gasteiger partial charge >= 0.3 is 0 Å². The number of carbonyl (C=O) groups excluding carboxylic acids is 1. The first kappa shape index (κ1) is 14.9. The van der Waals surface area contributed by atoms with E-state index in [1.807, 2.05) is 30.5 Å². The van der Waals surface area contributed by atoms with Crippen LogP contribution in [0.3, 0.4) is 0 Å². The molecule has 2 rings (SSSR count). The van der Waals surface area contributed by atoms with Crippen LogP contribution in [0.15, 0.2) is 58.6 Å². The lowest BCUT2D eigenvalue weighted by Crippen LogP contribution is -2.16. The van der Waals surface area contributed by atoms with Gasteiger partial charge in [0.15, 0.2) is 5.84 Å². The predicted octanol–water partition coefficient (Wildman–Crippen LogP) is 2.76. The summed E-state index contributed by atoms with van der Waals surface area (Å²) in [5, 5.41) is 14.4. The maximum Gasteiger partial charge on any atom is 0.255 e. The molecule has 0 bridgehead atoms. The molecule has 4 N–H and O–H groups in total. The van der Waals surface area contributed by atoms with E-state index in [1.165, 1.54) is 0 Å². The van der Waals surface area contributed by atoms with E-state index in [9.17, 15) is 4.79 Å². The van der Waals surface area contributed by atoms with Gasteiger partial charge in [-0.05, 0) is 42.7 Å². The molecule has 0 saturated carbocycles. The molecule has 5 nitrogen and oxygen atoms in total. The van der Waals surface area contributed by atoms with Gasteiger partial charge in [-0.25, -0.2) is 0 Å². The maximum absolute atomic E-state index is 12.2. The minimum Gasteiger partial charge on any atom is -0.409 e. The van der Waals surface area contributed by atoms with E-state index in [0.29, 0.717) is 16.8 Å². The summed E-state index contributed by atoms with van der Waals surface area (Å²) >= 11 is 1.64. The maximum atomic E-state index is 12.2. The Balaban J connectivity index is 2.16. The van der Waals surface area contributed by atoms with Crippen molar-refractivity contribution in [3.05, 3.63) is 59.7 Å². The second-order valence-corrected chi connectivity index (χ2v) is 5.13. The summed E-state index contributed by atoms with van der Waals surface area (Å²) in [5.41, 5.74) is 7.16. The van der Waals surface area contributed by atoms with Gasteiger partial charge in [-0.2, -0.15) is 0 Å². The van der Waals surface area contributed by atoms with Crippen LogP contribution in [0.1, 0.15) is 15.9 Å². The molecule has 0 spiro atoms. The van der Waals surface area contributed by atoms with E-state index < -0.39 is 0 Å². The van der Waals surface area contributed by atoms with Gasteiger partial charge in [0.05, 0.1) is 0 Å². The highest BCUT2D eigenvalue weighted by atomic mass is 32.2. The fourth-order valence-electron chi connectivity index (χ4n) is 1.76. The Morgan fingerprint density at radius 2 is 1.86 bits per heavy atom. The SMILES string of the molecule is CSc1ccc(NC(=O)c2cccc(/C(N)=N/O)c2)cc1. The van der Waals surface area contributed by atoms with Gasteiger partial charge in [-0.15, -0.1) is 11.8 Å². The monoisotopic (exact) mass is 301 g/mol. The fraction of sp³-hybridized carbons (Fsp3) is 0.0667. The van der Waals surface area contributed by atoms with Crippen molar-refractivity contribution >= 4 is 29.2 Å². The Bertz CT molecular complexity index is 669. The molecule has 1 amide bonds. The minimum atomic E-state index is -0.250. The van der Waals surface area contributed by atoms with Crippen LogP contribution in [0.2, 0.25) is 0 Å². The molecule has 0 saturated heterocycles. The van der Waals surface area contributed by atoms with Crippen molar-refractivity contribution in [1.29, 1.82) is 0 Å². The Labute approximate surface area is 126 Å². The standard InChI is InChI=1S/C15H15N3O2S/c1-21-13-7-5-12(6-8-13)17-15(19)11-4-2-3-10(9-11)14(16)18-20/h2-9,20H,1H3,(H2,16,18)(H,17,19). The van der Waals surface area contributed by atoms with Crippen LogP contribution < -0.4 is 11.1 Å². The summed E-state index contributed by atoms with van der Waals surface area (Å²) in [6, 6.07) is 14.1. The van der Waals surface area contributed by atoms with E-state index in [1.54, 1.807) is 36.0 Å². The number of nitrogens with two attached hydrogens (primary N) is 1. The van der Waals surface area contributed by atoms with Crippen molar-refractivity contribution in [2.45, 2.75) is 4.90 Å². The van der Waals surface area contributed by atoms with Crippen LogP contribution in [0.4, 0.5) is 5.69 Å². The summed E-state index contributed by atoms with van der Waals surface area (Å²) in [7, 11) is 0. The molecule has 0 aliphatic rings. The summed E-state index contributed by atoms with van der Waals surface area (Å²) < 4.78 is 0. The molecular weight excluding hydrogens is 286 g/mol. The molecule has 0 aromatic heterocycles.